The normalized spacial score (nSPS) is 22.6. The van der Waals surface area contributed by atoms with Crippen molar-refractivity contribution in [3.05, 3.63) is 35.4 Å². The lowest BCUT2D eigenvalue weighted by Crippen LogP contribution is -2.38. The first-order chi connectivity index (χ1) is 10.7. The van der Waals surface area contributed by atoms with Crippen LogP contribution in [0.4, 0.5) is 0 Å². The Morgan fingerprint density at radius 2 is 2.05 bits per heavy atom. The van der Waals surface area contributed by atoms with Crippen LogP contribution in [0.15, 0.2) is 24.3 Å². The third-order valence-corrected chi connectivity index (χ3v) is 5.09. The number of thiol groups is 1. The number of nitrogens with zero attached hydrogens (tertiary/aromatic N) is 1. The minimum Gasteiger partial charge on any atom is -0.392 e. The molecule has 2 rings (SSSR count). The summed E-state index contributed by atoms with van der Waals surface area (Å²) >= 11 is 4.76. The molecule has 0 saturated heterocycles. The Balaban J connectivity index is 2.11. The van der Waals surface area contributed by atoms with Crippen molar-refractivity contribution in [2.45, 2.75) is 37.5 Å². The molecule has 4 nitrogen and oxygen atoms in total. The Morgan fingerprint density at radius 1 is 1.36 bits per heavy atom. The Labute approximate surface area is 136 Å². The summed E-state index contributed by atoms with van der Waals surface area (Å²) in [7, 11) is 0. The molecule has 0 bridgehead atoms. The standard InChI is InChI=1S/C17H22N2O2S/c18-9-10-19-17(21)15-4-2-1-3-14(15)16(22)13-7-5-12(11-20)6-8-13/h5-8,14-16,20,22H,1-4,10-11H2,(H,19,21)/t14-,15-,16?/m0/s1. The molecular weight excluding hydrogens is 296 g/mol. The van der Waals surface area contributed by atoms with Gasteiger partial charge in [0.15, 0.2) is 0 Å². The summed E-state index contributed by atoms with van der Waals surface area (Å²) in [6.07, 6.45) is 3.98. The molecule has 0 aromatic heterocycles. The molecule has 0 radical (unpaired) electrons. The van der Waals surface area contributed by atoms with E-state index >= 15 is 0 Å². The van der Waals surface area contributed by atoms with E-state index in [2.05, 4.69) is 5.32 Å². The van der Waals surface area contributed by atoms with Gasteiger partial charge in [0.05, 0.1) is 12.7 Å². The first kappa shape index (κ1) is 16.9. The van der Waals surface area contributed by atoms with E-state index < -0.39 is 0 Å². The van der Waals surface area contributed by atoms with Gasteiger partial charge in [-0.25, -0.2) is 0 Å². The zero-order chi connectivity index (χ0) is 15.9. The van der Waals surface area contributed by atoms with Gasteiger partial charge in [-0.05, 0) is 29.9 Å². The fourth-order valence-electron chi connectivity index (χ4n) is 3.19. The number of nitriles is 1. The van der Waals surface area contributed by atoms with Crippen LogP contribution in [-0.4, -0.2) is 17.6 Å². The zero-order valence-corrected chi connectivity index (χ0v) is 13.4. The molecule has 1 unspecified atom stereocenters. The summed E-state index contributed by atoms with van der Waals surface area (Å²) in [5.74, 6) is 0.0650. The highest BCUT2D eigenvalue weighted by Gasteiger charge is 2.35. The number of rotatable bonds is 5. The van der Waals surface area contributed by atoms with Crippen LogP contribution in [0.3, 0.4) is 0 Å². The van der Waals surface area contributed by atoms with Crippen molar-refractivity contribution >= 4 is 18.5 Å². The second kappa shape index (κ2) is 8.21. The van der Waals surface area contributed by atoms with E-state index in [1.54, 1.807) is 0 Å². The summed E-state index contributed by atoms with van der Waals surface area (Å²) in [6.45, 7) is 0.0879. The molecule has 1 saturated carbocycles. The SMILES string of the molecule is N#CCNC(=O)[C@H]1CCCC[C@@H]1C(S)c1ccc(CO)cc1. The van der Waals surface area contributed by atoms with Crippen molar-refractivity contribution in [2.75, 3.05) is 6.54 Å². The maximum Gasteiger partial charge on any atom is 0.224 e. The summed E-state index contributed by atoms with van der Waals surface area (Å²) in [5.41, 5.74) is 1.95. The number of aliphatic hydroxyl groups excluding tert-OH is 1. The van der Waals surface area contributed by atoms with Crippen molar-refractivity contribution in [1.29, 1.82) is 5.26 Å². The summed E-state index contributed by atoms with van der Waals surface area (Å²) in [4.78, 5) is 12.3. The quantitative estimate of drug-likeness (QED) is 0.577. The van der Waals surface area contributed by atoms with Crippen LogP contribution in [0.25, 0.3) is 0 Å². The third-order valence-electron chi connectivity index (χ3n) is 4.41. The number of amides is 1. The van der Waals surface area contributed by atoms with Gasteiger partial charge in [0, 0.05) is 11.2 Å². The Morgan fingerprint density at radius 3 is 2.68 bits per heavy atom. The van der Waals surface area contributed by atoms with Crippen molar-refractivity contribution in [3.63, 3.8) is 0 Å². The second-order valence-electron chi connectivity index (χ2n) is 5.78. The molecule has 5 heteroatoms. The first-order valence-electron chi connectivity index (χ1n) is 7.69. The Hall–Kier alpha value is -1.51. The Kier molecular flexibility index (Phi) is 6.29. The molecule has 1 fully saturated rings. The molecule has 22 heavy (non-hydrogen) atoms. The minimum atomic E-state index is -0.0814. The average Bonchev–Trinajstić information content (AvgIpc) is 2.59. The molecule has 2 N–H and O–H groups in total. The fraction of sp³-hybridized carbons (Fsp3) is 0.529. The third kappa shape index (κ3) is 4.02. The smallest absolute Gasteiger partial charge is 0.224 e. The molecule has 1 aromatic carbocycles. The number of aliphatic hydroxyl groups is 1. The van der Waals surface area contributed by atoms with Gasteiger partial charge < -0.3 is 10.4 Å². The lowest BCUT2D eigenvalue weighted by atomic mass is 9.75. The maximum absolute atomic E-state index is 12.3. The molecule has 1 aromatic rings. The topological polar surface area (TPSA) is 73.1 Å². The molecule has 1 aliphatic carbocycles. The zero-order valence-electron chi connectivity index (χ0n) is 12.5. The second-order valence-corrected chi connectivity index (χ2v) is 6.33. The van der Waals surface area contributed by atoms with Gasteiger partial charge >= 0.3 is 0 Å². The molecule has 0 aliphatic heterocycles. The van der Waals surface area contributed by atoms with Gasteiger partial charge in [-0.3, -0.25) is 4.79 Å². The summed E-state index contributed by atoms with van der Waals surface area (Å²) in [5, 5.41) is 20.4. The molecule has 118 valence electrons. The van der Waals surface area contributed by atoms with Crippen molar-refractivity contribution in [1.82, 2.24) is 5.32 Å². The average molecular weight is 318 g/mol. The molecule has 1 aliphatic rings. The van der Waals surface area contributed by atoms with Crippen molar-refractivity contribution in [2.24, 2.45) is 11.8 Å². The lowest BCUT2D eigenvalue weighted by molar-refractivity contribution is -0.127. The molecule has 3 atom stereocenters. The molecule has 0 heterocycles. The largest absolute Gasteiger partial charge is 0.392 e. The first-order valence-corrected chi connectivity index (χ1v) is 8.21. The number of hydrogen-bond donors (Lipinski definition) is 3. The van der Waals surface area contributed by atoms with E-state index in [9.17, 15) is 4.79 Å². The molecule has 1 amide bonds. The van der Waals surface area contributed by atoms with Crippen LogP contribution < -0.4 is 5.32 Å². The Bertz CT molecular complexity index is 539. The molecule has 0 spiro atoms. The van der Waals surface area contributed by atoms with Gasteiger partial charge in [0.1, 0.15) is 6.54 Å². The van der Waals surface area contributed by atoms with Gasteiger partial charge in [-0.1, -0.05) is 37.1 Å². The highest BCUT2D eigenvalue weighted by atomic mass is 32.1. The van der Waals surface area contributed by atoms with E-state index in [1.807, 2.05) is 30.3 Å². The van der Waals surface area contributed by atoms with E-state index in [0.29, 0.717) is 0 Å². The highest BCUT2D eigenvalue weighted by Crippen LogP contribution is 2.42. The summed E-state index contributed by atoms with van der Waals surface area (Å²) in [6, 6.07) is 9.69. The van der Waals surface area contributed by atoms with Crippen LogP contribution in [0.2, 0.25) is 0 Å². The molecular formula is C17H22N2O2S. The van der Waals surface area contributed by atoms with E-state index in [4.69, 9.17) is 23.0 Å². The van der Waals surface area contributed by atoms with Gasteiger partial charge in [-0.2, -0.15) is 17.9 Å². The van der Waals surface area contributed by atoms with E-state index in [0.717, 1.165) is 36.8 Å². The van der Waals surface area contributed by atoms with Gasteiger partial charge in [0.25, 0.3) is 0 Å². The summed E-state index contributed by atoms with van der Waals surface area (Å²) < 4.78 is 0. The van der Waals surface area contributed by atoms with Crippen molar-refractivity contribution < 1.29 is 9.90 Å². The van der Waals surface area contributed by atoms with Crippen LogP contribution in [-0.2, 0) is 11.4 Å². The van der Waals surface area contributed by atoms with Crippen molar-refractivity contribution in [3.8, 4) is 6.07 Å². The van der Waals surface area contributed by atoms with Gasteiger partial charge in [0.2, 0.25) is 5.91 Å². The monoisotopic (exact) mass is 318 g/mol. The number of carbonyl (C=O) groups is 1. The fourth-order valence-corrected chi connectivity index (χ4v) is 3.72. The lowest BCUT2D eigenvalue weighted by Gasteiger charge is -2.34. The number of hydrogen-bond acceptors (Lipinski definition) is 4. The minimum absolute atomic E-state index is 0.00845. The van der Waals surface area contributed by atoms with Crippen LogP contribution in [0.5, 0.6) is 0 Å². The number of benzene rings is 1. The van der Waals surface area contributed by atoms with E-state index in [1.165, 1.54) is 0 Å². The number of carbonyl (C=O) groups excluding carboxylic acids is 1. The maximum atomic E-state index is 12.3. The van der Waals surface area contributed by atoms with Gasteiger partial charge in [-0.15, -0.1) is 0 Å². The predicted molar refractivity (Wildman–Crippen MR) is 88.2 cm³/mol. The van der Waals surface area contributed by atoms with E-state index in [-0.39, 0.29) is 36.1 Å². The predicted octanol–water partition coefficient (Wildman–Crippen LogP) is 2.60. The number of nitrogens with one attached hydrogen (secondary N) is 1. The van der Waals surface area contributed by atoms with Crippen LogP contribution in [0.1, 0.15) is 42.1 Å². The van der Waals surface area contributed by atoms with Crippen LogP contribution in [0, 0.1) is 23.2 Å². The van der Waals surface area contributed by atoms with Crippen LogP contribution >= 0.6 is 12.6 Å². The highest BCUT2D eigenvalue weighted by molar-refractivity contribution is 7.80.